The largest absolute Gasteiger partial charge is 0.478 e. The number of nitrogen functional groups attached to an aromatic ring is 1. The molecule has 0 spiro atoms. The van der Waals surface area contributed by atoms with Crippen molar-refractivity contribution in [3.63, 3.8) is 0 Å². The Morgan fingerprint density at radius 2 is 1.79 bits per heavy atom. The minimum absolute atomic E-state index is 0.309. The highest BCUT2D eigenvalue weighted by molar-refractivity contribution is 5.87. The highest BCUT2D eigenvalue weighted by Crippen LogP contribution is 2.16. The van der Waals surface area contributed by atoms with Gasteiger partial charge in [-0.3, -0.25) is 0 Å². The van der Waals surface area contributed by atoms with Gasteiger partial charge in [-0.1, -0.05) is 24.3 Å². The van der Waals surface area contributed by atoms with Crippen LogP contribution in [0.3, 0.4) is 0 Å². The van der Waals surface area contributed by atoms with Gasteiger partial charge in [0.05, 0.1) is 16.9 Å². The Balaban J connectivity index is 1.89. The van der Waals surface area contributed by atoms with E-state index in [2.05, 4.69) is 5.32 Å². The first-order chi connectivity index (χ1) is 9.16. The van der Waals surface area contributed by atoms with Gasteiger partial charge in [-0.2, -0.15) is 0 Å². The molecule has 0 aliphatic heterocycles. The van der Waals surface area contributed by atoms with Gasteiger partial charge in [-0.25, -0.2) is 4.79 Å². The predicted octanol–water partition coefficient (Wildman–Crippen LogP) is 2.62. The van der Waals surface area contributed by atoms with Crippen LogP contribution in [0.25, 0.3) is 0 Å². The quantitative estimate of drug-likeness (QED) is 0.719. The van der Waals surface area contributed by atoms with Gasteiger partial charge in [0, 0.05) is 6.54 Å². The smallest absolute Gasteiger partial charge is 0.335 e. The van der Waals surface area contributed by atoms with Crippen LogP contribution in [-0.4, -0.2) is 17.6 Å². The number of carboxylic acids is 1. The van der Waals surface area contributed by atoms with Crippen LogP contribution in [0.2, 0.25) is 0 Å². The van der Waals surface area contributed by atoms with Crippen LogP contribution in [0.1, 0.15) is 15.9 Å². The lowest BCUT2D eigenvalue weighted by Crippen LogP contribution is -2.07. The van der Waals surface area contributed by atoms with Crippen molar-refractivity contribution in [1.29, 1.82) is 0 Å². The molecule has 2 aromatic rings. The Morgan fingerprint density at radius 3 is 2.42 bits per heavy atom. The van der Waals surface area contributed by atoms with Gasteiger partial charge in [0.1, 0.15) is 0 Å². The van der Waals surface area contributed by atoms with E-state index in [0.29, 0.717) is 5.56 Å². The molecular weight excluding hydrogens is 240 g/mol. The molecule has 0 aliphatic carbocycles. The summed E-state index contributed by atoms with van der Waals surface area (Å²) in [5, 5.41) is 12.1. The monoisotopic (exact) mass is 256 g/mol. The third-order valence-electron chi connectivity index (χ3n) is 2.89. The van der Waals surface area contributed by atoms with Gasteiger partial charge in [-0.05, 0) is 36.2 Å². The molecule has 0 heterocycles. The van der Waals surface area contributed by atoms with E-state index in [4.69, 9.17) is 10.8 Å². The Labute approximate surface area is 111 Å². The number of anilines is 2. The summed E-state index contributed by atoms with van der Waals surface area (Å²) in [7, 11) is 0. The van der Waals surface area contributed by atoms with E-state index in [9.17, 15) is 4.79 Å². The normalized spacial score (nSPS) is 10.1. The van der Waals surface area contributed by atoms with Crippen molar-refractivity contribution in [1.82, 2.24) is 0 Å². The number of rotatable bonds is 5. The van der Waals surface area contributed by atoms with Crippen molar-refractivity contribution < 1.29 is 9.90 Å². The van der Waals surface area contributed by atoms with Crippen LogP contribution in [0.4, 0.5) is 11.4 Å². The van der Waals surface area contributed by atoms with Gasteiger partial charge in [0.2, 0.25) is 0 Å². The summed E-state index contributed by atoms with van der Waals surface area (Å²) in [5.74, 6) is -0.901. The molecule has 0 amide bonds. The Hall–Kier alpha value is -2.49. The van der Waals surface area contributed by atoms with E-state index in [-0.39, 0.29) is 0 Å². The second-order valence-corrected chi connectivity index (χ2v) is 4.27. The SMILES string of the molecule is Nc1ccccc1NCCc1ccc(C(=O)O)cc1. The molecule has 4 N–H and O–H groups in total. The second-order valence-electron chi connectivity index (χ2n) is 4.27. The van der Waals surface area contributed by atoms with E-state index in [0.717, 1.165) is 29.9 Å². The molecule has 0 radical (unpaired) electrons. The topological polar surface area (TPSA) is 75.3 Å². The number of benzene rings is 2. The predicted molar refractivity (Wildman–Crippen MR) is 76.4 cm³/mol. The molecule has 0 saturated heterocycles. The fourth-order valence-corrected chi connectivity index (χ4v) is 1.81. The fourth-order valence-electron chi connectivity index (χ4n) is 1.81. The lowest BCUT2D eigenvalue weighted by Gasteiger charge is -2.09. The van der Waals surface area contributed by atoms with Gasteiger partial charge in [0.15, 0.2) is 0 Å². The first-order valence-corrected chi connectivity index (χ1v) is 6.07. The maximum atomic E-state index is 10.7. The average molecular weight is 256 g/mol. The maximum Gasteiger partial charge on any atom is 0.335 e. The molecule has 2 aromatic carbocycles. The summed E-state index contributed by atoms with van der Waals surface area (Å²) in [4.78, 5) is 10.7. The number of nitrogens with two attached hydrogens (primary N) is 1. The standard InChI is InChI=1S/C15H16N2O2/c16-13-3-1-2-4-14(13)17-10-9-11-5-7-12(8-6-11)15(18)19/h1-8,17H,9-10,16H2,(H,18,19). The molecule has 4 heteroatoms. The molecule has 0 saturated carbocycles. The van der Waals surface area contributed by atoms with Crippen molar-refractivity contribution >= 4 is 17.3 Å². The van der Waals surface area contributed by atoms with Crippen LogP contribution >= 0.6 is 0 Å². The van der Waals surface area contributed by atoms with Gasteiger partial charge in [-0.15, -0.1) is 0 Å². The third kappa shape index (κ3) is 3.48. The van der Waals surface area contributed by atoms with Crippen LogP contribution in [0.15, 0.2) is 48.5 Å². The lowest BCUT2D eigenvalue weighted by atomic mass is 10.1. The van der Waals surface area contributed by atoms with E-state index in [1.54, 1.807) is 12.1 Å². The molecule has 0 aromatic heterocycles. The number of para-hydroxylation sites is 2. The molecule has 0 aliphatic rings. The molecular formula is C15H16N2O2. The zero-order chi connectivity index (χ0) is 13.7. The molecule has 4 nitrogen and oxygen atoms in total. The maximum absolute atomic E-state index is 10.7. The van der Waals surface area contributed by atoms with Crippen LogP contribution in [0.5, 0.6) is 0 Å². The number of hydrogen-bond donors (Lipinski definition) is 3. The summed E-state index contributed by atoms with van der Waals surface area (Å²) in [6.07, 6.45) is 0.814. The zero-order valence-corrected chi connectivity index (χ0v) is 10.5. The van der Waals surface area contributed by atoms with E-state index >= 15 is 0 Å². The molecule has 2 rings (SSSR count). The Morgan fingerprint density at radius 1 is 1.11 bits per heavy atom. The number of carboxylic acid groups (broad SMARTS) is 1. The number of nitrogens with one attached hydrogen (secondary N) is 1. The number of aromatic carboxylic acids is 1. The zero-order valence-electron chi connectivity index (χ0n) is 10.5. The first-order valence-electron chi connectivity index (χ1n) is 6.07. The van der Waals surface area contributed by atoms with Crippen LogP contribution in [0, 0.1) is 0 Å². The first kappa shape index (κ1) is 13.0. The van der Waals surface area contributed by atoms with E-state index in [1.807, 2.05) is 36.4 Å². The van der Waals surface area contributed by atoms with Crippen molar-refractivity contribution in [2.45, 2.75) is 6.42 Å². The molecule has 19 heavy (non-hydrogen) atoms. The van der Waals surface area contributed by atoms with Crippen LogP contribution < -0.4 is 11.1 Å². The van der Waals surface area contributed by atoms with Crippen molar-refractivity contribution in [3.8, 4) is 0 Å². The molecule has 0 bridgehead atoms. The van der Waals surface area contributed by atoms with Crippen LogP contribution in [-0.2, 0) is 6.42 Å². The number of carbonyl (C=O) groups is 1. The van der Waals surface area contributed by atoms with Crippen molar-refractivity contribution in [2.75, 3.05) is 17.6 Å². The fraction of sp³-hybridized carbons (Fsp3) is 0.133. The summed E-state index contributed by atoms with van der Waals surface area (Å²) in [6.45, 7) is 0.751. The minimum atomic E-state index is -0.901. The average Bonchev–Trinajstić information content (AvgIpc) is 2.41. The molecule has 0 fully saturated rings. The molecule has 0 unspecified atom stereocenters. The summed E-state index contributed by atoms with van der Waals surface area (Å²) < 4.78 is 0. The Kier molecular flexibility index (Phi) is 4.03. The summed E-state index contributed by atoms with van der Waals surface area (Å²) >= 11 is 0. The molecule has 98 valence electrons. The van der Waals surface area contributed by atoms with E-state index < -0.39 is 5.97 Å². The lowest BCUT2D eigenvalue weighted by molar-refractivity contribution is 0.0697. The third-order valence-corrected chi connectivity index (χ3v) is 2.89. The van der Waals surface area contributed by atoms with Gasteiger partial charge in [0.25, 0.3) is 0 Å². The summed E-state index contributed by atoms with van der Waals surface area (Å²) in [5.41, 5.74) is 8.87. The highest BCUT2D eigenvalue weighted by atomic mass is 16.4. The second kappa shape index (κ2) is 5.91. The van der Waals surface area contributed by atoms with Gasteiger partial charge < -0.3 is 16.2 Å². The van der Waals surface area contributed by atoms with Crippen molar-refractivity contribution in [2.24, 2.45) is 0 Å². The summed E-state index contributed by atoms with van der Waals surface area (Å²) in [6, 6.07) is 14.5. The highest BCUT2D eigenvalue weighted by Gasteiger charge is 2.02. The van der Waals surface area contributed by atoms with Gasteiger partial charge >= 0.3 is 5.97 Å². The minimum Gasteiger partial charge on any atom is -0.478 e. The van der Waals surface area contributed by atoms with E-state index in [1.165, 1.54) is 0 Å². The molecule has 0 atom stereocenters. The number of hydrogen-bond acceptors (Lipinski definition) is 3. The van der Waals surface area contributed by atoms with Crippen molar-refractivity contribution in [3.05, 3.63) is 59.7 Å². The Bertz CT molecular complexity index is 565.